The molecule has 0 aromatic heterocycles. The molecule has 2 aliphatic rings. The van der Waals surface area contributed by atoms with E-state index in [9.17, 15) is 18.0 Å². The molecule has 4 rings (SSSR count). The molecule has 0 aliphatic carbocycles. The van der Waals surface area contributed by atoms with E-state index in [0.717, 1.165) is 11.1 Å². The minimum atomic E-state index is -3.75. The van der Waals surface area contributed by atoms with E-state index in [0.29, 0.717) is 26.2 Å². The first-order chi connectivity index (χ1) is 15.8. The molecule has 0 saturated carbocycles. The second-order valence-electron chi connectivity index (χ2n) is 8.00. The van der Waals surface area contributed by atoms with E-state index >= 15 is 0 Å². The third kappa shape index (κ3) is 5.20. The van der Waals surface area contributed by atoms with Crippen LogP contribution >= 0.6 is 11.6 Å². The minimum Gasteiger partial charge on any atom is -0.379 e. The number of nitrogens with zero attached hydrogens (tertiary/aromatic N) is 2. The Labute approximate surface area is 197 Å². The summed E-state index contributed by atoms with van der Waals surface area (Å²) in [7, 11) is -3.75. The fraction of sp³-hybridized carbons (Fsp3) is 0.364. The van der Waals surface area contributed by atoms with Crippen molar-refractivity contribution in [3.63, 3.8) is 0 Å². The fourth-order valence-corrected chi connectivity index (χ4v) is 5.69. The maximum atomic E-state index is 12.9. The van der Waals surface area contributed by atoms with E-state index in [-0.39, 0.29) is 35.2 Å². The number of carbonyl (C=O) groups is 2. The smallest absolute Gasteiger partial charge is 0.243 e. The number of hydrogen-bond donors (Lipinski definition) is 2. The van der Waals surface area contributed by atoms with Crippen LogP contribution in [0.1, 0.15) is 11.1 Å². The van der Waals surface area contributed by atoms with Crippen molar-refractivity contribution < 1.29 is 22.7 Å². The van der Waals surface area contributed by atoms with Gasteiger partial charge in [0.05, 0.1) is 41.4 Å². The van der Waals surface area contributed by atoms with E-state index in [1.54, 1.807) is 4.90 Å². The van der Waals surface area contributed by atoms with Gasteiger partial charge in [0.25, 0.3) is 0 Å². The molecule has 2 aromatic carbocycles. The minimum absolute atomic E-state index is 0.0333. The number of carbonyl (C=O) groups excluding carboxylic acids is 2. The molecule has 1 atom stereocenters. The van der Waals surface area contributed by atoms with Gasteiger partial charge in [-0.15, -0.1) is 0 Å². The monoisotopic (exact) mass is 492 g/mol. The van der Waals surface area contributed by atoms with E-state index in [1.807, 2.05) is 24.3 Å². The highest BCUT2D eigenvalue weighted by Crippen LogP contribution is 2.28. The van der Waals surface area contributed by atoms with Crippen molar-refractivity contribution >= 4 is 39.1 Å². The van der Waals surface area contributed by atoms with Crippen LogP contribution in [0.5, 0.6) is 0 Å². The van der Waals surface area contributed by atoms with Crippen LogP contribution < -0.4 is 11.1 Å². The molecule has 176 valence electrons. The summed E-state index contributed by atoms with van der Waals surface area (Å²) >= 11 is 6.23. The van der Waals surface area contributed by atoms with Crippen LogP contribution in [0, 0.1) is 0 Å². The molecule has 2 aromatic rings. The van der Waals surface area contributed by atoms with Crippen LogP contribution in [-0.4, -0.2) is 68.3 Å². The number of anilines is 1. The molecule has 1 saturated heterocycles. The van der Waals surface area contributed by atoms with Gasteiger partial charge in [-0.2, -0.15) is 4.31 Å². The lowest BCUT2D eigenvalue weighted by Gasteiger charge is -2.34. The number of benzene rings is 2. The van der Waals surface area contributed by atoms with Crippen molar-refractivity contribution in [2.45, 2.75) is 23.9 Å². The Morgan fingerprint density at radius 1 is 1.12 bits per heavy atom. The summed E-state index contributed by atoms with van der Waals surface area (Å²) < 4.78 is 32.5. The first-order valence-corrected chi connectivity index (χ1v) is 12.3. The Morgan fingerprint density at radius 2 is 1.82 bits per heavy atom. The molecule has 2 amide bonds. The highest BCUT2D eigenvalue weighted by atomic mass is 35.5. The van der Waals surface area contributed by atoms with Crippen molar-refractivity contribution in [1.82, 2.24) is 9.21 Å². The molecule has 0 spiro atoms. The lowest BCUT2D eigenvalue weighted by Crippen LogP contribution is -2.50. The Morgan fingerprint density at radius 3 is 2.52 bits per heavy atom. The molecule has 11 heteroatoms. The van der Waals surface area contributed by atoms with Crippen molar-refractivity contribution in [3.05, 3.63) is 58.6 Å². The van der Waals surface area contributed by atoms with Gasteiger partial charge in [-0.1, -0.05) is 35.9 Å². The van der Waals surface area contributed by atoms with E-state index < -0.39 is 27.9 Å². The van der Waals surface area contributed by atoms with Crippen molar-refractivity contribution in [1.29, 1.82) is 0 Å². The van der Waals surface area contributed by atoms with Gasteiger partial charge < -0.3 is 15.8 Å². The largest absolute Gasteiger partial charge is 0.379 e. The summed E-state index contributed by atoms with van der Waals surface area (Å²) in [5, 5.41) is 2.89. The van der Waals surface area contributed by atoms with Gasteiger partial charge >= 0.3 is 0 Å². The third-order valence-electron chi connectivity index (χ3n) is 5.84. The highest BCUT2D eigenvalue weighted by Gasteiger charge is 2.32. The number of amides is 2. The van der Waals surface area contributed by atoms with Crippen molar-refractivity contribution in [3.8, 4) is 0 Å². The zero-order chi connectivity index (χ0) is 23.6. The zero-order valence-electron chi connectivity index (χ0n) is 17.9. The highest BCUT2D eigenvalue weighted by molar-refractivity contribution is 7.89. The van der Waals surface area contributed by atoms with Crippen LogP contribution in [0.4, 0.5) is 5.69 Å². The van der Waals surface area contributed by atoms with Gasteiger partial charge in [-0.05, 0) is 35.7 Å². The first kappa shape index (κ1) is 23.7. The second-order valence-corrected chi connectivity index (χ2v) is 10.3. The molecule has 2 heterocycles. The van der Waals surface area contributed by atoms with Gasteiger partial charge in [0.2, 0.25) is 21.8 Å². The number of nitrogens with two attached hydrogens (primary N) is 1. The van der Waals surface area contributed by atoms with Gasteiger partial charge in [-0.3, -0.25) is 14.5 Å². The number of sulfonamides is 1. The maximum absolute atomic E-state index is 12.9. The normalized spacial score (nSPS) is 19.6. The number of hydrogen-bond acceptors (Lipinski definition) is 6. The fourth-order valence-electron chi connectivity index (χ4n) is 4.09. The Hall–Kier alpha value is -2.50. The molecular weight excluding hydrogens is 468 g/mol. The number of primary amides is 1. The number of halogens is 1. The predicted molar refractivity (Wildman–Crippen MR) is 123 cm³/mol. The zero-order valence-corrected chi connectivity index (χ0v) is 19.4. The topological polar surface area (TPSA) is 122 Å². The standard InChI is InChI=1S/C22H25ClN4O5S/c23-18-6-5-17(33(30,31)27-7-9-32-10-8-27)12-19(18)25-21(28)14-26-13-16-4-2-1-3-15(16)11-20(26)22(24)29/h1-6,12,20H,7-11,13-14H2,(H2,24,29)(H,25,28). The van der Waals surface area contributed by atoms with Crippen molar-refractivity contribution in [2.75, 3.05) is 38.2 Å². The molecule has 2 aliphatic heterocycles. The SMILES string of the molecule is NC(=O)C1Cc2ccccc2CN1CC(=O)Nc1cc(S(=O)(=O)N2CCOCC2)ccc1Cl. The molecule has 9 nitrogen and oxygen atoms in total. The predicted octanol–water partition coefficient (Wildman–Crippen LogP) is 1.21. The van der Waals surface area contributed by atoms with Gasteiger partial charge in [0, 0.05) is 19.6 Å². The number of nitrogens with one attached hydrogen (secondary N) is 1. The molecule has 1 fully saturated rings. The number of fused-ring (bicyclic) bond motifs is 1. The molecule has 1 unspecified atom stereocenters. The quantitative estimate of drug-likeness (QED) is 0.625. The van der Waals surface area contributed by atoms with Crippen LogP contribution in [-0.2, 0) is 37.3 Å². The molecule has 0 radical (unpaired) electrons. The average molecular weight is 493 g/mol. The van der Waals surface area contributed by atoms with Crippen molar-refractivity contribution in [2.24, 2.45) is 5.73 Å². The summed E-state index contributed by atoms with van der Waals surface area (Å²) in [5.74, 6) is -0.933. The average Bonchev–Trinajstić information content (AvgIpc) is 2.80. The second kappa shape index (κ2) is 9.78. The summed E-state index contributed by atoms with van der Waals surface area (Å²) in [6.07, 6.45) is 0.423. The molecular formula is C22H25ClN4O5S. The maximum Gasteiger partial charge on any atom is 0.243 e. The van der Waals surface area contributed by atoms with Crippen LogP contribution in [0.3, 0.4) is 0 Å². The van der Waals surface area contributed by atoms with Crippen LogP contribution in [0.2, 0.25) is 5.02 Å². The number of rotatable bonds is 6. The van der Waals surface area contributed by atoms with Crippen LogP contribution in [0.15, 0.2) is 47.4 Å². The van der Waals surface area contributed by atoms with Gasteiger partial charge in [0.1, 0.15) is 0 Å². The summed E-state index contributed by atoms with van der Waals surface area (Å²) in [4.78, 5) is 26.6. The van der Waals surface area contributed by atoms with Gasteiger partial charge in [0.15, 0.2) is 0 Å². The number of ether oxygens (including phenoxy) is 1. The molecule has 33 heavy (non-hydrogen) atoms. The molecule has 3 N–H and O–H groups in total. The Balaban J connectivity index is 1.50. The Kier molecular flexibility index (Phi) is 7.01. The summed E-state index contributed by atoms with van der Waals surface area (Å²) in [6, 6.07) is 11.3. The Bertz CT molecular complexity index is 1170. The van der Waals surface area contributed by atoms with E-state index in [2.05, 4.69) is 5.32 Å². The van der Waals surface area contributed by atoms with E-state index in [4.69, 9.17) is 22.1 Å². The lowest BCUT2D eigenvalue weighted by molar-refractivity contribution is -0.125. The van der Waals surface area contributed by atoms with Crippen LogP contribution in [0.25, 0.3) is 0 Å². The third-order valence-corrected chi connectivity index (χ3v) is 8.06. The summed E-state index contributed by atoms with van der Waals surface area (Å²) in [6.45, 7) is 1.48. The summed E-state index contributed by atoms with van der Waals surface area (Å²) in [5.41, 5.74) is 7.83. The lowest BCUT2D eigenvalue weighted by atomic mass is 9.93. The molecule has 0 bridgehead atoms. The van der Waals surface area contributed by atoms with Gasteiger partial charge in [-0.25, -0.2) is 8.42 Å². The van der Waals surface area contributed by atoms with E-state index in [1.165, 1.54) is 22.5 Å². The number of morpholine rings is 1. The first-order valence-electron chi connectivity index (χ1n) is 10.5.